The first-order valence-corrected chi connectivity index (χ1v) is 4.82. The SMILES string of the molecule is NCC1CNCC1C1CCC1. The summed E-state index contributed by atoms with van der Waals surface area (Å²) in [6.07, 6.45) is 4.38. The zero-order valence-electron chi connectivity index (χ0n) is 7.05. The fourth-order valence-electron chi connectivity index (χ4n) is 2.43. The highest BCUT2D eigenvalue weighted by molar-refractivity contribution is 4.89. The van der Waals surface area contributed by atoms with Crippen LogP contribution in [0.4, 0.5) is 0 Å². The molecule has 0 radical (unpaired) electrons. The molecule has 3 N–H and O–H groups in total. The molecule has 0 bridgehead atoms. The van der Waals surface area contributed by atoms with Gasteiger partial charge in [-0.25, -0.2) is 0 Å². The van der Waals surface area contributed by atoms with Crippen LogP contribution in [-0.4, -0.2) is 19.6 Å². The molecule has 11 heavy (non-hydrogen) atoms. The number of rotatable bonds is 2. The summed E-state index contributed by atoms with van der Waals surface area (Å²) in [5.41, 5.74) is 5.70. The third kappa shape index (κ3) is 1.30. The number of hydrogen-bond donors (Lipinski definition) is 2. The zero-order valence-corrected chi connectivity index (χ0v) is 7.05. The van der Waals surface area contributed by atoms with Crippen LogP contribution in [0, 0.1) is 17.8 Å². The Morgan fingerprint density at radius 3 is 2.64 bits per heavy atom. The van der Waals surface area contributed by atoms with Gasteiger partial charge in [-0.2, -0.15) is 0 Å². The average molecular weight is 154 g/mol. The molecule has 1 aliphatic carbocycles. The second-order valence-corrected chi connectivity index (χ2v) is 4.01. The summed E-state index contributed by atoms with van der Waals surface area (Å²) in [7, 11) is 0. The van der Waals surface area contributed by atoms with Crippen LogP contribution in [-0.2, 0) is 0 Å². The van der Waals surface area contributed by atoms with Crippen molar-refractivity contribution >= 4 is 0 Å². The Morgan fingerprint density at radius 2 is 2.09 bits per heavy atom. The van der Waals surface area contributed by atoms with E-state index in [1.165, 1.54) is 25.8 Å². The molecule has 0 aromatic heterocycles. The Bertz CT molecular complexity index is 132. The van der Waals surface area contributed by atoms with Gasteiger partial charge in [0.2, 0.25) is 0 Å². The molecule has 64 valence electrons. The van der Waals surface area contributed by atoms with Gasteiger partial charge in [0.05, 0.1) is 0 Å². The predicted octanol–water partition coefficient (Wildman–Crippen LogP) is 0.581. The molecule has 2 heteroatoms. The second-order valence-electron chi connectivity index (χ2n) is 4.01. The van der Waals surface area contributed by atoms with Crippen molar-refractivity contribution in [2.45, 2.75) is 19.3 Å². The third-order valence-corrected chi connectivity index (χ3v) is 3.45. The second kappa shape index (κ2) is 3.11. The van der Waals surface area contributed by atoms with Crippen molar-refractivity contribution in [2.75, 3.05) is 19.6 Å². The third-order valence-electron chi connectivity index (χ3n) is 3.45. The van der Waals surface area contributed by atoms with Crippen molar-refractivity contribution in [1.82, 2.24) is 5.32 Å². The molecule has 0 aromatic rings. The van der Waals surface area contributed by atoms with Crippen molar-refractivity contribution in [3.63, 3.8) is 0 Å². The Hall–Kier alpha value is -0.0800. The first-order valence-electron chi connectivity index (χ1n) is 4.82. The minimum atomic E-state index is 0.778. The van der Waals surface area contributed by atoms with Gasteiger partial charge in [-0.15, -0.1) is 0 Å². The Balaban J connectivity index is 1.89. The molecule has 0 amide bonds. The van der Waals surface area contributed by atoms with Crippen molar-refractivity contribution in [2.24, 2.45) is 23.5 Å². The van der Waals surface area contributed by atoms with Crippen LogP contribution in [0.15, 0.2) is 0 Å². The van der Waals surface area contributed by atoms with Gasteiger partial charge in [-0.3, -0.25) is 0 Å². The standard InChI is InChI=1S/C9H18N2/c10-4-8-5-11-6-9(8)7-2-1-3-7/h7-9,11H,1-6,10H2. The minimum Gasteiger partial charge on any atom is -0.330 e. The average Bonchev–Trinajstić information content (AvgIpc) is 2.32. The van der Waals surface area contributed by atoms with Crippen molar-refractivity contribution in [1.29, 1.82) is 0 Å². The molecule has 0 spiro atoms. The summed E-state index contributed by atoms with van der Waals surface area (Å²) in [4.78, 5) is 0. The van der Waals surface area contributed by atoms with Crippen molar-refractivity contribution in [3.05, 3.63) is 0 Å². The molecule has 2 aliphatic rings. The largest absolute Gasteiger partial charge is 0.330 e. The van der Waals surface area contributed by atoms with Crippen molar-refractivity contribution < 1.29 is 0 Å². The lowest BCUT2D eigenvalue weighted by molar-refractivity contribution is 0.182. The van der Waals surface area contributed by atoms with Gasteiger partial charge >= 0.3 is 0 Å². The predicted molar refractivity (Wildman–Crippen MR) is 46.2 cm³/mol. The van der Waals surface area contributed by atoms with Crippen LogP contribution in [0.1, 0.15) is 19.3 Å². The van der Waals surface area contributed by atoms with E-state index in [0.29, 0.717) is 0 Å². The quantitative estimate of drug-likeness (QED) is 0.610. The highest BCUT2D eigenvalue weighted by atomic mass is 14.9. The van der Waals surface area contributed by atoms with Gasteiger partial charge in [0.1, 0.15) is 0 Å². The number of nitrogens with one attached hydrogen (secondary N) is 1. The Labute approximate surface area is 68.5 Å². The van der Waals surface area contributed by atoms with E-state index in [1.54, 1.807) is 0 Å². The summed E-state index contributed by atoms with van der Waals surface area (Å²) in [6.45, 7) is 3.28. The molecule has 2 rings (SSSR count). The fourth-order valence-corrected chi connectivity index (χ4v) is 2.43. The van der Waals surface area contributed by atoms with E-state index < -0.39 is 0 Å². The van der Waals surface area contributed by atoms with E-state index >= 15 is 0 Å². The van der Waals surface area contributed by atoms with Crippen LogP contribution in [0.5, 0.6) is 0 Å². The molecule has 0 aromatic carbocycles. The lowest BCUT2D eigenvalue weighted by atomic mass is 9.72. The van der Waals surface area contributed by atoms with E-state index in [4.69, 9.17) is 5.73 Å². The molecule has 2 atom stereocenters. The van der Waals surface area contributed by atoms with Crippen LogP contribution in [0.2, 0.25) is 0 Å². The molecular formula is C9H18N2. The summed E-state index contributed by atoms with van der Waals surface area (Å²) in [5, 5.41) is 3.44. The minimum absolute atomic E-state index is 0.778. The van der Waals surface area contributed by atoms with Gasteiger partial charge in [-0.05, 0) is 37.4 Å². The summed E-state index contributed by atoms with van der Waals surface area (Å²) in [5.74, 6) is 2.70. The normalized spacial score (nSPS) is 39.0. The van der Waals surface area contributed by atoms with E-state index in [0.717, 1.165) is 30.8 Å². The summed E-state index contributed by atoms with van der Waals surface area (Å²) >= 11 is 0. The molecule has 2 unspecified atom stereocenters. The van der Waals surface area contributed by atoms with Gasteiger partial charge in [0, 0.05) is 0 Å². The maximum Gasteiger partial charge on any atom is -0.000510 e. The molecule has 1 aliphatic heterocycles. The Morgan fingerprint density at radius 1 is 1.27 bits per heavy atom. The van der Waals surface area contributed by atoms with Crippen LogP contribution < -0.4 is 11.1 Å². The molecule has 1 saturated carbocycles. The highest BCUT2D eigenvalue weighted by Crippen LogP contribution is 2.38. The summed E-state index contributed by atoms with van der Waals surface area (Å²) < 4.78 is 0. The molecule has 2 fully saturated rings. The van der Waals surface area contributed by atoms with E-state index in [1.807, 2.05) is 0 Å². The zero-order chi connectivity index (χ0) is 7.68. The smallest absolute Gasteiger partial charge is 0.000510 e. The van der Waals surface area contributed by atoms with Gasteiger partial charge in [0.25, 0.3) is 0 Å². The topological polar surface area (TPSA) is 38.0 Å². The lowest BCUT2D eigenvalue weighted by Crippen LogP contribution is -2.31. The van der Waals surface area contributed by atoms with Crippen molar-refractivity contribution in [3.8, 4) is 0 Å². The molecule has 2 nitrogen and oxygen atoms in total. The monoisotopic (exact) mass is 154 g/mol. The molecular weight excluding hydrogens is 136 g/mol. The van der Waals surface area contributed by atoms with Gasteiger partial charge in [-0.1, -0.05) is 19.3 Å². The lowest BCUT2D eigenvalue weighted by Gasteiger charge is -2.33. The fraction of sp³-hybridized carbons (Fsp3) is 1.00. The molecule has 1 saturated heterocycles. The van der Waals surface area contributed by atoms with Crippen LogP contribution >= 0.6 is 0 Å². The van der Waals surface area contributed by atoms with E-state index in [9.17, 15) is 0 Å². The summed E-state index contributed by atoms with van der Waals surface area (Å²) in [6, 6.07) is 0. The first kappa shape index (κ1) is 7.56. The van der Waals surface area contributed by atoms with Crippen LogP contribution in [0.3, 0.4) is 0 Å². The first-order chi connectivity index (χ1) is 5.42. The maximum absolute atomic E-state index is 5.70. The van der Waals surface area contributed by atoms with Gasteiger partial charge in [0.15, 0.2) is 0 Å². The molecule has 1 heterocycles. The van der Waals surface area contributed by atoms with Crippen LogP contribution in [0.25, 0.3) is 0 Å². The number of hydrogen-bond acceptors (Lipinski definition) is 2. The number of nitrogens with two attached hydrogens (primary N) is 1. The Kier molecular flexibility index (Phi) is 2.14. The maximum atomic E-state index is 5.70. The van der Waals surface area contributed by atoms with Gasteiger partial charge < -0.3 is 11.1 Å². The highest BCUT2D eigenvalue weighted by Gasteiger charge is 2.35. The van der Waals surface area contributed by atoms with E-state index in [2.05, 4.69) is 5.32 Å². The van der Waals surface area contributed by atoms with E-state index in [-0.39, 0.29) is 0 Å².